The van der Waals surface area contributed by atoms with Crippen molar-refractivity contribution in [1.82, 2.24) is 4.98 Å². The van der Waals surface area contributed by atoms with Gasteiger partial charge >= 0.3 is 6.18 Å². The summed E-state index contributed by atoms with van der Waals surface area (Å²) in [6, 6.07) is 5.75. The van der Waals surface area contributed by atoms with Crippen LogP contribution < -0.4 is 5.73 Å². The van der Waals surface area contributed by atoms with Crippen molar-refractivity contribution in [3.63, 3.8) is 0 Å². The maximum absolute atomic E-state index is 12.5. The number of halogens is 3. The Kier molecular flexibility index (Phi) is 2.86. The van der Waals surface area contributed by atoms with E-state index in [0.717, 1.165) is 18.2 Å². The Morgan fingerprint density at radius 3 is 2.50 bits per heavy atom. The average Bonchev–Trinajstić information content (AvgIpc) is 2.80. The van der Waals surface area contributed by atoms with Crippen molar-refractivity contribution in [2.24, 2.45) is 0 Å². The summed E-state index contributed by atoms with van der Waals surface area (Å²) in [5, 5.41) is 0. The second-order valence-electron chi connectivity index (χ2n) is 3.71. The number of aromatic nitrogens is 1. The minimum Gasteiger partial charge on any atom is -0.398 e. The van der Waals surface area contributed by atoms with Crippen LogP contribution in [-0.2, 0) is 6.18 Å². The van der Waals surface area contributed by atoms with Gasteiger partial charge in [-0.2, -0.15) is 13.2 Å². The number of nitrogens with one attached hydrogen (secondary N) is 1. The smallest absolute Gasteiger partial charge is 0.398 e. The highest BCUT2D eigenvalue weighted by Crippen LogP contribution is 2.31. The standard InChI is InChI=1S/C12H9F3N2O/c13-12(14,15)7-3-4-9(16)8(6-7)11(18)10-2-1-5-17-10/h1-6,17H,16H2. The molecule has 0 saturated heterocycles. The van der Waals surface area contributed by atoms with Crippen molar-refractivity contribution < 1.29 is 18.0 Å². The normalized spacial score (nSPS) is 11.5. The van der Waals surface area contributed by atoms with E-state index in [2.05, 4.69) is 4.98 Å². The zero-order chi connectivity index (χ0) is 13.3. The Labute approximate surface area is 100 Å². The van der Waals surface area contributed by atoms with E-state index in [9.17, 15) is 18.0 Å². The molecule has 0 amide bonds. The largest absolute Gasteiger partial charge is 0.416 e. The van der Waals surface area contributed by atoms with E-state index in [1.165, 1.54) is 12.3 Å². The Morgan fingerprint density at radius 2 is 1.94 bits per heavy atom. The van der Waals surface area contributed by atoms with Crippen LogP contribution in [0.3, 0.4) is 0 Å². The van der Waals surface area contributed by atoms with Gasteiger partial charge in [0.25, 0.3) is 0 Å². The van der Waals surface area contributed by atoms with Crippen LogP contribution in [-0.4, -0.2) is 10.8 Å². The third kappa shape index (κ3) is 2.22. The van der Waals surface area contributed by atoms with E-state index in [0.29, 0.717) is 0 Å². The number of alkyl halides is 3. The van der Waals surface area contributed by atoms with Gasteiger partial charge in [-0.05, 0) is 30.3 Å². The van der Waals surface area contributed by atoms with Gasteiger partial charge in [-0.15, -0.1) is 0 Å². The van der Waals surface area contributed by atoms with Crippen LogP contribution in [0.4, 0.5) is 18.9 Å². The van der Waals surface area contributed by atoms with E-state index in [4.69, 9.17) is 5.73 Å². The molecule has 3 nitrogen and oxygen atoms in total. The van der Waals surface area contributed by atoms with Crippen LogP contribution in [0.15, 0.2) is 36.5 Å². The Hall–Kier alpha value is -2.24. The fourth-order valence-electron chi connectivity index (χ4n) is 1.55. The van der Waals surface area contributed by atoms with Crippen molar-refractivity contribution in [3.8, 4) is 0 Å². The molecule has 0 fully saturated rings. The second kappa shape index (κ2) is 4.21. The van der Waals surface area contributed by atoms with Gasteiger partial charge in [-0.1, -0.05) is 0 Å². The lowest BCUT2D eigenvalue weighted by Gasteiger charge is -2.10. The Morgan fingerprint density at radius 1 is 1.22 bits per heavy atom. The monoisotopic (exact) mass is 254 g/mol. The lowest BCUT2D eigenvalue weighted by Crippen LogP contribution is -2.10. The number of hydrogen-bond acceptors (Lipinski definition) is 2. The number of rotatable bonds is 2. The molecule has 2 rings (SSSR count). The molecule has 0 aliphatic heterocycles. The van der Waals surface area contributed by atoms with Crippen molar-refractivity contribution in [2.45, 2.75) is 6.18 Å². The SMILES string of the molecule is Nc1ccc(C(F)(F)F)cc1C(=O)c1ccc[nH]1. The molecule has 3 N–H and O–H groups in total. The topological polar surface area (TPSA) is 58.9 Å². The molecule has 6 heteroatoms. The van der Waals surface area contributed by atoms with Crippen molar-refractivity contribution in [1.29, 1.82) is 0 Å². The van der Waals surface area contributed by atoms with Crippen LogP contribution in [0.5, 0.6) is 0 Å². The molecule has 1 heterocycles. The second-order valence-corrected chi connectivity index (χ2v) is 3.71. The molecule has 0 spiro atoms. The van der Waals surface area contributed by atoms with Crippen molar-refractivity contribution >= 4 is 11.5 Å². The number of benzene rings is 1. The van der Waals surface area contributed by atoms with E-state index in [1.54, 1.807) is 6.07 Å². The first-order chi connectivity index (χ1) is 8.39. The fraction of sp³-hybridized carbons (Fsp3) is 0.0833. The molecule has 0 radical (unpaired) electrons. The highest BCUT2D eigenvalue weighted by atomic mass is 19.4. The van der Waals surface area contributed by atoms with Crippen LogP contribution >= 0.6 is 0 Å². The predicted molar refractivity (Wildman–Crippen MR) is 60.1 cm³/mol. The Balaban J connectivity index is 2.48. The van der Waals surface area contributed by atoms with Gasteiger partial charge in [0.15, 0.2) is 0 Å². The third-order valence-electron chi connectivity index (χ3n) is 2.47. The molecule has 0 aliphatic rings. The summed E-state index contributed by atoms with van der Waals surface area (Å²) >= 11 is 0. The quantitative estimate of drug-likeness (QED) is 0.639. The van der Waals surface area contributed by atoms with Gasteiger partial charge in [0, 0.05) is 17.4 Å². The van der Waals surface area contributed by atoms with Gasteiger partial charge in [-0.25, -0.2) is 0 Å². The summed E-state index contributed by atoms with van der Waals surface area (Å²) in [6.07, 6.45) is -2.99. The predicted octanol–water partition coefficient (Wildman–Crippen LogP) is 2.85. The summed E-state index contributed by atoms with van der Waals surface area (Å²) in [6.45, 7) is 0. The molecule has 94 valence electrons. The molecule has 0 unspecified atom stereocenters. The minimum absolute atomic E-state index is 0.0163. The van der Waals surface area contributed by atoms with Gasteiger partial charge in [-0.3, -0.25) is 4.79 Å². The fourth-order valence-corrected chi connectivity index (χ4v) is 1.55. The van der Waals surface area contributed by atoms with E-state index in [-0.39, 0.29) is 16.9 Å². The number of carbonyl (C=O) groups excluding carboxylic acids is 1. The third-order valence-corrected chi connectivity index (χ3v) is 2.47. The highest BCUT2D eigenvalue weighted by molar-refractivity contribution is 6.11. The average molecular weight is 254 g/mol. The van der Waals surface area contributed by atoms with Gasteiger partial charge in [0.05, 0.1) is 11.3 Å². The number of anilines is 1. The van der Waals surface area contributed by atoms with Crippen LogP contribution in [0.2, 0.25) is 0 Å². The molecular formula is C12H9F3N2O. The lowest BCUT2D eigenvalue weighted by atomic mass is 10.0. The zero-order valence-electron chi connectivity index (χ0n) is 9.08. The van der Waals surface area contributed by atoms with Crippen LogP contribution in [0.1, 0.15) is 21.6 Å². The molecule has 0 atom stereocenters. The van der Waals surface area contributed by atoms with Crippen LogP contribution in [0, 0.1) is 0 Å². The number of hydrogen-bond donors (Lipinski definition) is 2. The molecule has 2 aromatic rings. The first-order valence-corrected chi connectivity index (χ1v) is 5.04. The van der Waals surface area contributed by atoms with Crippen LogP contribution in [0.25, 0.3) is 0 Å². The van der Waals surface area contributed by atoms with E-state index in [1.807, 2.05) is 0 Å². The summed E-state index contributed by atoms with van der Waals surface area (Å²) < 4.78 is 37.6. The number of nitrogens with two attached hydrogens (primary N) is 1. The van der Waals surface area contributed by atoms with Gasteiger partial charge in [0.2, 0.25) is 5.78 Å². The molecule has 18 heavy (non-hydrogen) atoms. The van der Waals surface area contributed by atoms with Gasteiger partial charge < -0.3 is 10.7 Å². The highest BCUT2D eigenvalue weighted by Gasteiger charge is 2.31. The summed E-state index contributed by atoms with van der Waals surface area (Å²) in [7, 11) is 0. The summed E-state index contributed by atoms with van der Waals surface area (Å²) in [5.41, 5.74) is 4.69. The Bertz CT molecular complexity index is 574. The van der Waals surface area contributed by atoms with Crippen molar-refractivity contribution in [2.75, 3.05) is 5.73 Å². The maximum atomic E-state index is 12.5. The molecule has 1 aromatic carbocycles. The molecule has 0 saturated carbocycles. The van der Waals surface area contributed by atoms with E-state index >= 15 is 0 Å². The number of carbonyl (C=O) groups is 1. The minimum atomic E-state index is -4.50. The number of aromatic amines is 1. The molecule has 1 aromatic heterocycles. The maximum Gasteiger partial charge on any atom is 0.416 e. The molecule has 0 aliphatic carbocycles. The van der Waals surface area contributed by atoms with Crippen molar-refractivity contribution in [3.05, 3.63) is 53.3 Å². The number of nitrogen functional groups attached to an aromatic ring is 1. The molecule has 0 bridgehead atoms. The first-order valence-electron chi connectivity index (χ1n) is 5.04. The number of ketones is 1. The lowest BCUT2D eigenvalue weighted by molar-refractivity contribution is -0.137. The zero-order valence-corrected chi connectivity index (χ0v) is 9.08. The van der Waals surface area contributed by atoms with E-state index < -0.39 is 17.5 Å². The summed E-state index contributed by atoms with van der Waals surface area (Å²) in [5.74, 6) is -0.566. The van der Waals surface area contributed by atoms with Gasteiger partial charge in [0.1, 0.15) is 0 Å². The number of H-pyrrole nitrogens is 1. The summed E-state index contributed by atoms with van der Waals surface area (Å²) in [4.78, 5) is 14.6. The molecular weight excluding hydrogens is 245 g/mol. The first kappa shape index (κ1) is 12.2.